The van der Waals surface area contributed by atoms with Gasteiger partial charge in [0.1, 0.15) is 0 Å². The summed E-state index contributed by atoms with van der Waals surface area (Å²) < 4.78 is 0. The monoisotopic (exact) mass is 225 g/mol. The lowest BCUT2D eigenvalue weighted by Gasteiger charge is -2.23. The summed E-state index contributed by atoms with van der Waals surface area (Å²) in [5.41, 5.74) is 1.87. The number of halogens is 1. The molecule has 1 rings (SSSR count). The van der Waals surface area contributed by atoms with Gasteiger partial charge in [-0.25, -0.2) is 0 Å². The molecule has 0 fully saturated rings. The van der Waals surface area contributed by atoms with Crippen molar-refractivity contribution in [2.75, 3.05) is 5.32 Å². The summed E-state index contributed by atoms with van der Waals surface area (Å²) in [6.45, 7) is 7.79. The van der Waals surface area contributed by atoms with Crippen molar-refractivity contribution >= 4 is 23.2 Å². The van der Waals surface area contributed by atoms with Crippen LogP contribution in [0.2, 0.25) is 5.02 Å². The third-order valence-corrected chi connectivity index (χ3v) is 2.34. The lowest BCUT2D eigenvalue weighted by molar-refractivity contribution is -0.114. The summed E-state index contributed by atoms with van der Waals surface area (Å²) in [5, 5.41) is 3.43. The van der Waals surface area contributed by atoms with Crippen LogP contribution in [-0.4, -0.2) is 5.91 Å². The molecular weight excluding hydrogens is 210 g/mol. The van der Waals surface area contributed by atoms with E-state index in [0.717, 1.165) is 11.3 Å². The molecule has 0 atom stereocenters. The van der Waals surface area contributed by atoms with E-state index in [9.17, 15) is 4.79 Å². The molecule has 0 spiro atoms. The van der Waals surface area contributed by atoms with E-state index in [4.69, 9.17) is 11.6 Å². The Labute approximate surface area is 95.6 Å². The predicted molar refractivity (Wildman–Crippen MR) is 64.5 cm³/mol. The molecule has 15 heavy (non-hydrogen) atoms. The van der Waals surface area contributed by atoms with Gasteiger partial charge in [-0.3, -0.25) is 4.79 Å². The third kappa shape index (κ3) is 3.24. The first-order valence-corrected chi connectivity index (χ1v) is 5.26. The number of hydrogen-bond donors (Lipinski definition) is 1. The number of anilines is 1. The molecule has 0 heterocycles. The first-order chi connectivity index (χ1) is 6.80. The second kappa shape index (κ2) is 4.23. The molecule has 0 unspecified atom stereocenters. The Balaban J connectivity index is 3.20. The topological polar surface area (TPSA) is 29.1 Å². The molecule has 0 radical (unpaired) electrons. The lowest BCUT2D eigenvalue weighted by atomic mass is 9.86. The average Bonchev–Trinajstić information content (AvgIpc) is 1.99. The molecule has 0 saturated carbocycles. The second-order valence-electron chi connectivity index (χ2n) is 4.62. The zero-order valence-electron chi connectivity index (χ0n) is 9.52. The molecule has 1 aromatic carbocycles. The predicted octanol–water partition coefficient (Wildman–Crippen LogP) is 3.60. The van der Waals surface area contributed by atoms with E-state index in [2.05, 4.69) is 26.1 Å². The quantitative estimate of drug-likeness (QED) is 0.778. The Morgan fingerprint density at radius 3 is 2.40 bits per heavy atom. The minimum Gasteiger partial charge on any atom is -0.326 e. The molecule has 0 aromatic heterocycles. The van der Waals surface area contributed by atoms with Crippen molar-refractivity contribution < 1.29 is 4.79 Å². The Kier molecular flexibility index (Phi) is 3.40. The van der Waals surface area contributed by atoms with E-state index in [1.807, 2.05) is 12.1 Å². The molecule has 1 amide bonds. The molecule has 3 heteroatoms. The van der Waals surface area contributed by atoms with Crippen LogP contribution >= 0.6 is 11.6 Å². The molecule has 0 saturated heterocycles. The first kappa shape index (κ1) is 12.1. The van der Waals surface area contributed by atoms with Crippen molar-refractivity contribution in [3.63, 3.8) is 0 Å². The fraction of sp³-hybridized carbons (Fsp3) is 0.417. The zero-order chi connectivity index (χ0) is 11.6. The average molecular weight is 226 g/mol. The smallest absolute Gasteiger partial charge is 0.221 e. The van der Waals surface area contributed by atoms with Gasteiger partial charge in [0.2, 0.25) is 5.91 Å². The van der Waals surface area contributed by atoms with E-state index >= 15 is 0 Å². The van der Waals surface area contributed by atoms with Gasteiger partial charge in [0.15, 0.2) is 0 Å². The number of hydrogen-bond acceptors (Lipinski definition) is 1. The van der Waals surface area contributed by atoms with Crippen molar-refractivity contribution in [1.82, 2.24) is 0 Å². The highest BCUT2D eigenvalue weighted by molar-refractivity contribution is 6.31. The Bertz CT molecular complexity index is 380. The number of carbonyl (C=O) groups excluding carboxylic acids is 1. The molecule has 0 aliphatic rings. The number of rotatable bonds is 1. The molecule has 82 valence electrons. The largest absolute Gasteiger partial charge is 0.326 e. The van der Waals surface area contributed by atoms with Crippen LogP contribution in [0.25, 0.3) is 0 Å². The number of nitrogens with one attached hydrogen (secondary N) is 1. The van der Waals surface area contributed by atoms with Gasteiger partial charge < -0.3 is 5.32 Å². The van der Waals surface area contributed by atoms with Crippen LogP contribution in [0.4, 0.5) is 5.69 Å². The van der Waals surface area contributed by atoms with Crippen LogP contribution in [0.5, 0.6) is 0 Å². The lowest BCUT2D eigenvalue weighted by Crippen LogP contribution is -2.16. The van der Waals surface area contributed by atoms with Crippen molar-refractivity contribution in [3.05, 3.63) is 28.8 Å². The van der Waals surface area contributed by atoms with Crippen LogP contribution in [0.1, 0.15) is 33.3 Å². The van der Waals surface area contributed by atoms with Crippen molar-refractivity contribution in [2.24, 2.45) is 0 Å². The van der Waals surface area contributed by atoms with Crippen molar-refractivity contribution in [3.8, 4) is 0 Å². The third-order valence-electron chi connectivity index (χ3n) is 2.10. The van der Waals surface area contributed by atoms with Crippen molar-refractivity contribution in [2.45, 2.75) is 33.1 Å². The summed E-state index contributed by atoms with van der Waals surface area (Å²) in [4.78, 5) is 11.0. The fourth-order valence-corrected chi connectivity index (χ4v) is 1.64. The van der Waals surface area contributed by atoms with Gasteiger partial charge >= 0.3 is 0 Å². The molecule has 2 nitrogen and oxygen atoms in total. The van der Waals surface area contributed by atoms with E-state index in [0.29, 0.717) is 5.02 Å². The van der Waals surface area contributed by atoms with E-state index < -0.39 is 0 Å². The summed E-state index contributed by atoms with van der Waals surface area (Å²) in [6, 6.07) is 5.57. The number of amides is 1. The fourth-order valence-electron chi connectivity index (χ4n) is 1.46. The number of benzene rings is 1. The normalized spacial score (nSPS) is 11.3. The highest BCUT2D eigenvalue weighted by Gasteiger charge is 2.18. The highest BCUT2D eigenvalue weighted by atomic mass is 35.5. The Morgan fingerprint density at radius 2 is 1.93 bits per heavy atom. The van der Waals surface area contributed by atoms with Crippen LogP contribution in [0, 0.1) is 0 Å². The SMILES string of the molecule is CC(=O)Nc1cc(Cl)ccc1C(C)(C)C. The van der Waals surface area contributed by atoms with Crippen LogP contribution in [0.3, 0.4) is 0 Å². The van der Waals surface area contributed by atoms with Crippen molar-refractivity contribution in [1.29, 1.82) is 0 Å². The van der Waals surface area contributed by atoms with E-state index in [-0.39, 0.29) is 11.3 Å². The maximum Gasteiger partial charge on any atom is 0.221 e. The maximum absolute atomic E-state index is 11.0. The standard InChI is InChI=1S/C12H16ClNO/c1-8(15)14-11-7-9(13)5-6-10(11)12(2,3)4/h5-7H,1-4H3,(H,14,15). The molecule has 0 bridgehead atoms. The van der Waals surface area contributed by atoms with E-state index in [1.54, 1.807) is 6.07 Å². The first-order valence-electron chi connectivity index (χ1n) is 4.88. The van der Waals surface area contributed by atoms with Crippen LogP contribution in [0.15, 0.2) is 18.2 Å². The van der Waals surface area contributed by atoms with Crippen LogP contribution in [-0.2, 0) is 10.2 Å². The zero-order valence-corrected chi connectivity index (χ0v) is 10.3. The summed E-state index contributed by atoms with van der Waals surface area (Å²) in [5.74, 6) is -0.0808. The van der Waals surface area contributed by atoms with Crippen LogP contribution < -0.4 is 5.32 Å². The van der Waals surface area contributed by atoms with Gasteiger partial charge in [-0.1, -0.05) is 38.4 Å². The van der Waals surface area contributed by atoms with E-state index in [1.165, 1.54) is 6.92 Å². The minimum absolute atomic E-state index is 0.0115. The summed E-state index contributed by atoms with van der Waals surface area (Å²) in [6.07, 6.45) is 0. The summed E-state index contributed by atoms with van der Waals surface area (Å²) in [7, 11) is 0. The summed E-state index contributed by atoms with van der Waals surface area (Å²) >= 11 is 5.90. The maximum atomic E-state index is 11.0. The second-order valence-corrected chi connectivity index (χ2v) is 5.06. The van der Waals surface area contributed by atoms with Gasteiger partial charge in [0.25, 0.3) is 0 Å². The minimum atomic E-state index is -0.0808. The molecule has 0 aliphatic heterocycles. The van der Waals surface area contributed by atoms with Gasteiger partial charge in [-0.15, -0.1) is 0 Å². The van der Waals surface area contributed by atoms with Gasteiger partial charge in [-0.05, 0) is 23.1 Å². The number of carbonyl (C=O) groups is 1. The molecule has 0 aliphatic carbocycles. The van der Waals surface area contributed by atoms with Gasteiger partial charge in [0, 0.05) is 17.6 Å². The molecule has 1 N–H and O–H groups in total. The Hall–Kier alpha value is -1.02. The highest BCUT2D eigenvalue weighted by Crippen LogP contribution is 2.31. The van der Waals surface area contributed by atoms with Gasteiger partial charge in [-0.2, -0.15) is 0 Å². The molecular formula is C12H16ClNO. The Morgan fingerprint density at radius 1 is 1.33 bits per heavy atom. The molecule has 1 aromatic rings. The van der Waals surface area contributed by atoms with Gasteiger partial charge in [0.05, 0.1) is 0 Å².